The monoisotopic (exact) mass is 173 g/mol. The van der Waals surface area contributed by atoms with Gasteiger partial charge >= 0.3 is 0 Å². The molecule has 1 aliphatic heterocycles. The average Bonchev–Trinajstić information content (AvgIpc) is 2.48. The summed E-state index contributed by atoms with van der Waals surface area (Å²) in [6.07, 6.45) is 0.415. The zero-order chi connectivity index (χ0) is 8.72. The van der Waals surface area contributed by atoms with E-state index in [-0.39, 0.29) is 11.3 Å². The zero-order valence-electron chi connectivity index (χ0n) is 6.13. The number of nitrogens with one attached hydrogen (secondary N) is 1. The van der Waals surface area contributed by atoms with E-state index in [9.17, 15) is 13.2 Å². The van der Waals surface area contributed by atoms with Gasteiger partial charge in [-0.15, -0.1) is 0 Å². The molecule has 0 radical (unpaired) electrons. The van der Waals surface area contributed by atoms with Gasteiger partial charge in [-0.3, -0.25) is 0 Å². The van der Waals surface area contributed by atoms with Gasteiger partial charge < -0.3 is 5.32 Å². The summed E-state index contributed by atoms with van der Waals surface area (Å²) in [5, 5.41) is 2.60. The molecule has 1 nitrogen and oxygen atoms in total. The first-order valence-corrected chi connectivity index (χ1v) is 3.60. The summed E-state index contributed by atoms with van der Waals surface area (Å²) in [4.78, 5) is 0. The van der Waals surface area contributed by atoms with E-state index in [0.717, 1.165) is 0 Å². The Kier molecular flexibility index (Phi) is 1.49. The van der Waals surface area contributed by atoms with Crippen LogP contribution in [0, 0.1) is 17.5 Å². The Morgan fingerprint density at radius 2 is 1.92 bits per heavy atom. The number of benzene rings is 1. The lowest BCUT2D eigenvalue weighted by Gasteiger charge is -2.02. The van der Waals surface area contributed by atoms with Gasteiger partial charge in [0.25, 0.3) is 0 Å². The van der Waals surface area contributed by atoms with Crippen molar-refractivity contribution < 1.29 is 13.2 Å². The highest BCUT2D eigenvalue weighted by Gasteiger charge is 2.21. The largest absolute Gasteiger partial charge is 0.382 e. The van der Waals surface area contributed by atoms with Crippen LogP contribution < -0.4 is 5.32 Å². The van der Waals surface area contributed by atoms with Crippen LogP contribution >= 0.6 is 0 Å². The van der Waals surface area contributed by atoms with Crippen LogP contribution in [0.1, 0.15) is 5.56 Å². The van der Waals surface area contributed by atoms with Crippen molar-refractivity contribution in [1.29, 1.82) is 0 Å². The number of hydrogen-bond acceptors (Lipinski definition) is 1. The van der Waals surface area contributed by atoms with Crippen molar-refractivity contribution >= 4 is 5.69 Å². The SMILES string of the molecule is Fc1cc(F)c2c(c1F)NCC2. The van der Waals surface area contributed by atoms with E-state index in [0.29, 0.717) is 19.0 Å². The summed E-state index contributed by atoms with van der Waals surface area (Å²) in [5.41, 5.74) is 0.224. The van der Waals surface area contributed by atoms with Crippen molar-refractivity contribution in [3.8, 4) is 0 Å². The van der Waals surface area contributed by atoms with Gasteiger partial charge in [-0.2, -0.15) is 0 Å². The lowest BCUT2D eigenvalue weighted by molar-refractivity contribution is 0.496. The van der Waals surface area contributed by atoms with E-state index < -0.39 is 17.5 Å². The Hall–Kier alpha value is -1.19. The molecule has 1 aliphatic rings. The predicted molar refractivity (Wildman–Crippen MR) is 38.5 cm³/mol. The van der Waals surface area contributed by atoms with Gasteiger partial charge in [-0.25, -0.2) is 13.2 Å². The minimum absolute atomic E-state index is 0.0208. The lowest BCUT2D eigenvalue weighted by atomic mass is 10.1. The molecule has 1 aromatic rings. The number of hydrogen-bond donors (Lipinski definition) is 1. The Morgan fingerprint density at radius 3 is 2.67 bits per heavy atom. The number of halogens is 3. The minimum atomic E-state index is -1.14. The van der Waals surface area contributed by atoms with Gasteiger partial charge in [-0.1, -0.05) is 0 Å². The molecule has 0 saturated carbocycles. The fourth-order valence-electron chi connectivity index (χ4n) is 1.37. The summed E-state index contributed by atoms with van der Waals surface area (Å²) in [7, 11) is 0. The van der Waals surface area contributed by atoms with Crippen molar-refractivity contribution in [3.05, 3.63) is 29.1 Å². The van der Waals surface area contributed by atoms with Crippen molar-refractivity contribution in [2.24, 2.45) is 0 Å². The highest BCUT2D eigenvalue weighted by molar-refractivity contribution is 5.57. The predicted octanol–water partition coefficient (Wildman–Crippen LogP) is 2.07. The summed E-state index contributed by atoms with van der Waals surface area (Å²) < 4.78 is 38.3. The standard InChI is InChI=1S/C8H6F3N/c9-5-3-6(10)7(11)8-4(5)1-2-12-8/h3,12H,1-2H2. The fraction of sp³-hybridized carbons (Fsp3) is 0.250. The van der Waals surface area contributed by atoms with E-state index >= 15 is 0 Å². The van der Waals surface area contributed by atoms with Gasteiger partial charge in [0.1, 0.15) is 5.82 Å². The third kappa shape index (κ3) is 0.873. The van der Waals surface area contributed by atoms with Crippen LogP contribution in [0.4, 0.5) is 18.9 Å². The Bertz CT molecular complexity index is 336. The molecule has 0 spiro atoms. The van der Waals surface area contributed by atoms with Crippen molar-refractivity contribution in [2.75, 3.05) is 11.9 Å². The Labute approximate surface area is 67.2 Å². The Balaban J connectivity index is 2.69. The van der Waals surface area contributed by atoms with Gasteiger partial charge in [0.2, 0.25) is 0 Å². The quantitative estimate of drug-likeness (QED) is 0.592. The number of fused-ring (bicyclic) bond motifs is 1. The summed E-state index contributed by atoms with van der Waals surface area (Å²) >= 11 is 0. The molecule has 0 aliphatic carbocycles. The van der Waals surface area contributed by atoms with E-state index in [1.807, 2.05) is 0 Å². The summed E-state index contributed by atoms with van der Waals surface area (Å²) in [6.45, 7) is 0.465. The highest BCUT2D eigenvalue weighted by Crippen LogP contribution is 2.29. The van der Waals surface area contributed by atoms with Gasteiger partial charge in [0.15, 0.2) is 11.6 Å². The maximum atomic E-state index is 12.9. The molecule has 0 aromatic heterocycles. The number of anilines is 1. The topological polar surface area (TPSA) is 12.0 Å². The molecule has 1 aromatic carbocycles. The molecule has 0 bridgehead atoms. The third-order valence-corrected chi connectivity index (χ3v) is 1.95. The smallest absolute Gasteiger partial charge is 0.182 e. The molecule has 0 fully saturated rings. The molecule has 0 amide bonds. The molecule has 2 rings (SSSR count). The second kappa shape index (κ2) is 2.40. The molecule has 12 heavy (non-hydrogen) atoms. The summed E-state index contributed by atoms with van der Waals surface area (Å²) in [6, 6.07) is 0.584. The first kappa shape index (κ1) is 7.46. The maximum Gasteiger partial charge on any atom is 0.182 e. The molecule has 0 unspecified atom stereocenters. The lowest BCUT2D eigenvalue weighted by Crippen LogP contribution is -1.96. The maximum absolute atomic E-state index is 12.9. The molecule has 1 N–H and O–H groups in total. The fourth-order valence-corrected chi connectivity index (χ4v) is 1.37. The first-order valence-electron chi connectivity index (χ1n) is 3.60. The van der Waals surface area contributed by atoms with Gasteiger partial charge in [0, 0.05) is 18.2 Å². The average molecular weight is 173 g/mol. The van der Waals surface area contributed by atoms with Crippen LogP contribution in [0.25, 0.3) is 0 Å². The minimum Gasteiger partial charge on any atom is -0.382 e. The van der Waals surface area contributed by atoms with Crippen LogP contribution in [0.15, 0.2) is 6.07 Å². The zero-order valence-corrected chi connectivity index (χ0v) is 6.13. The van der Waals surface area contributed by atoms with Crippen molar-refractivity contribution in [2.45, 2.75) is 6.42 Å². The highest BCUT2D eigenvalue weighted by atomic mass is 19.2. The Morgan fingerprint density at radius 1 is 1.17 bits per heavy atom. The van der Waals surface area contributed by atoms with E-state index in [1.165, 1.54) is 0 Å². The van der Waals surface area contributed by atoms with Crippen molar-refractivity contribution in [1.82, 2.24) is 0 Å². The second-order valence-corrected chi connectivity index (χ2v) is 2.68. The van der Waals surface area contributed by atoms with E-state index in [4.69, 9.17) is 0 Å². The molecule has 64 valence electrons. The van der Waals surface area contributed by atoms with Crippen LogP contribution in [0.3, 0.4) is 0 Å². The van der Waals surface area contributed by atoms with E-state index in [1.54, 1.807) is 0 Å². The molecule has 0 saturated heterocycles. The van der Waals surface area contributed by atoms with Crippen LogP contribution in [-0.2, 0) is 6.42 Å². The van der Waals surface area contributed by atoms with Crippen LogP contribution in [0.2, 0.25) is 0 Å². The summed E-state index contributed by atoms with van der Waals surface area (Å²) in [5.74, 6) is -2.79. The molecular weight excluding hydrogens is 167 g/mol. The second-order valence-electron chi connectivity index (χ2n) is 2.68. The third-order valence-electron chi connectivity index (χ3n) is 1.95. The van der Waals surface area contributed by atoms with Crippen LogP contribution in [0.5, 0.6) is 0 Å². The van der Waals surface area contributed by atoms with E-state index in [2.05, 4.69) is 5.32 Å². The normalized spacial score (nSPS) is 14.2. The van der Waals surface area contributed by atoms with Crippen molar-refractivity contribution in [3.63, 3.8) is 0 Å². The number of rotatable bonds is 0. The van der Waals surface area contributed by atoms with Gasteiger partial charge in [0.05, 0.1) is 5.69 Å². The van der Waals surface area contributed by atoms with Gasteiger partial charge in [-0.05, 0) is 6.42 Å². The van der Waals surface area contributed by atoms with Crippen LogP contribution in [-0.4, -0.2) is 6.54 Å². The molecule has 4 heteroatoms. The molecular formula is C8H6F3N. The molecule has 1 heterocycles. The molecule has 0 atom stereocenters. The first-order chi connectivity index (χ1) is 5.70.